The van der Waals surface area contributed by atoms with Crippen molar-refractivity contribution in [2.75, 3.05) is 13.2 Å². The predicted molar refractivity (Wildman–Crippen MR) is 177 cm³/mol. The molecule has 1 N–H and O–H groups in total. The van der Waals surface area contributed by atoms with Gasteiger partial charge in [-0.25, -0.2) is 19.1 Å². The van der Waals surface area contributed by atoms with Gasteiger partial charge < -0.3 is 23.7 Å². The van der Waals surface area contributed by atoms with Crippen LogP contribution in [0.4, 0.5) is 0 Å². The molecule has 11 nitrogen and oxygen atoms in total. The van der Waals surface area contributed by atoms with Gasteiger partial charge in [0, 0.05) is 13.2 Å². The largest absolute Gasteiger partial charge is 0.480 e. The molecule has 1 aliphatic rings. The number of aliphatic carboxylic acids is 1. The minimum Gasteiger partial charge on any atom is -0.480 e. The number of carboxylic acids is 1. The van der Waals surface area contributed by atoms with Crippen LogP contribution in [0.2, 0.25) is 0 Å². The molecule has 0 aliphatic carbocycles. The van der Waals surface area contributed by atoms with Crippen molar-refractivity contribution < 1.29 is 28.5 Å². The fourth-order valence-corrected chi connectivity index (χ4v) is 7.14. The molecule has 5 aromatic rings. The first-order valence-electron chi connectivity index (χ1n) is 15.5. The van der Waals surface area contributed by atoms with Crippen LogP contribution in [-0.2, 0) is 44.3 Å². The molecule has 1 atom stereocenters. The van der Waals surface area contributed by atoms with Crippen molar-refractivity contribution in [1.82, 2.24) is 14.1 Å². The Kier molecular flexibility index (Phi) is 9.55. The van der Waals surface area contributed by atoms with E-state index in [1.807, 2.05) is 54.6 Å². The van der Waals surface area contributed by atoms with Crippen LogP contribution >= 0.6 is 11.3 Å². The highest BCUT2D eigenvalue weighted by molar-refractivity contribution is 7.22. The number of carbonyl (C=O) groups is 1. The summed E-state index contributed by atoms with van der Waals surface area (Å²) in [6.07, 6.45) is 3.55. The number of fused-ring (bicyclic) bond motifs is 1. The highest BCUT2D eigenvalue weighted by Gasteiger charge is 2.36. The zero-order valence-corrected chi connectivity index (χ0v) is 27.3. The third-order valence-corrected chi connectivity index (χ3v) is 9.87. The number of benzene rings is 2. The summed E-state index contributed by atoms with van der Waals surface area (Å²) < 4.78 is 26.4. The number of hydrogen-bond acceptors (Lipinski definition) is 9. The van der Waals surface area contributed by atoms with Crippen LogP contribution in [0, 0.1) is 6.92 Å². The molecular formula is C35H37N3O8S. The maximum absolute atomic E-state index is 14.4. The standard InChI is InChI=1S/C35H37N3O8S/c1-22-28-31(39)38(35(2,3)33(40)41)34(42)37(32(28)47-29(22)30-36-15-18-45-30)19-27(46-25-13-16-43-17-14-25)26-12-8-7-11-24(26)21-44-20-23-9-5-4-6-10-23/h4-12,15,18,25,27H,13-14,16-17,19-21H2,1-3H3,(H,40,41)/t27-/m0/s1. The van der Waals surface area contributed by atoms with Crippen LogP contribution in [0.25, 0.3) is 21.0 Å². The maximum atomic E-state index is 14.4. The molecule has 2 aromatic carbocycles. The van der Waals surface area contributed by atoms with Crippen LogP contribution < -0.4 is 11.2 Å². The Bertz CT molecular complexity index is 1970. The lowest BCUT2D eigenvalue weighted by Gasteiger charge is -2.30. The number of aryl methyl sites for hydroxylation is 1. The quantitative estimate of drug-likeness (QED) is 0.180. The molecule has 4 heterocycles. The lowest BCUT2D eigenvalue weighted by atomic mass is 10.0. The molecule has 3 aromatic heterocycles. The Labute approximate surface area is 275 Å². The van der Waals surface area contributed by atoms with E-state index in [4.69, 9.17) is 18.6 Å². The minimum atomic E-state index is -1.83. The van der Waals surface area contributed by atoms with Gasteiger partial charge in [-0.3, -0.25) is 9.36 Å². The average Bonchev–Trinajstić information content (AvgIpc) is 3.72. The summed E-state index contributed by atoms with van der Waals surface area (Å²) in [5.41, 5.74) is 0.0764. The van der Waals surface area contributed by atoms with Crippen LogP contribution in [0.15, 0.2) is 81.1 Å². The van der Waals surface area contributed by atoms with Crippen molar-refractivity contribution in [1.29, 1.82) is 0 Å². The summed E-state index contributed by atoms with van der Waals surface area (Å²) >= 11 is 1.21. The van der Waals surface area contributed by atoms with Gasteiger partial charge >= 0.3 is 11.7 Å². The molecule has 47 heavy (non-hydrogen) atoms. The van der Waals surface area contributed by atoms with E-state index < -0.39 is 28.9 Å². The van der Waals surface area contributed by atoms with E-state index in [1.165, 1.54) is 42.2 Å². The first-order chi connectivity index (χ1) is 22.7. The zero-order chi connectivity index (χ0) is 33.1. The topological polar surface area (TPSA) is 135 Å². The molecule has 0 radical (unpaired) electrons. The Morgan fingerprint density at radius 2 is 1.81 bits per heavy atom. The monoisotopic (exact) mass is 659 g/mol. The van der Waals surface area contributed by atoms with Gasteiger partial charge in [-0.05, 0) is 55.9 Å². The molecule has 0 bridgehead atoms. The van der Waals surface area contributed by atoms with Gasteiger partial charge in [0.25, 0.3) is 5.56 Å². The molecule has 1 aliphatic heterocycles. The Balaban J connectivity index is 1.48. The number of hydrogen-bond donors (Lipinski definition) is 1. The van der Waals surface area contributed by atoms with Gasteiger partial charge in [0.05, 0.1) is 42.3 Å². The number of nitrogens with zero attached hydrogens (tertiary/aromatic N) is 3. The van der Waals surface area contributed by atoms with Crippen LogP contribution in [0.5, 0.6) is 0 Å². The Morgan fingerprint density at radius 3 is 2.51 bits per heavy atom. The summed E-state index contributed by atoms with van der Waals surface area (Å²) in [6, 6.07) is 17.7. The van der Waals surface area contributed by atoms with Crippen molar-refractivity contribution in [3.05, 3.63) is 110 Å². The van der Waals surface area contributed by atoms with E-state index in [0.29, 0.717) is 60.4 Å². The summed E-state index contributed by atoms with van der Waals surface area (Å²) in [7, 11) is 0. The van der Waals surface area contributed by atoms with E-state index in [1.54, 1.807) is 6.92 Å². The smallest absolute Gasteiger partial charge is 0.333 e. The normalized spacial score (nSPS) is 14.9. The number of oxazole rings is 1. The molecule has 6 rings (SSSR count). The molecule has 246 valence electrons. The molecule has 0 saturated carbocycles. The molecule has 0 amide bonds. The summed E-state index contributed by atoms with van der Waals surface area (Å²) in [6.45, 7) is 6.32. The van der Waals surface area contributed by atoms with Gasteiger partial charge in [-0.15, -0.1) is 11.3 Å². The highest BCUT2D eigenvalue weighted by Crippen LogP contribution is 2.37. The third kappa shape index (κ3) is 6.59. The number of rotatable bonds is 12. The van der Waals surface area contributed by atoms with Crippen molar-refractivity contribution in [2.24, 2.45) is 0 Å². The van der Waals surface area contributed by atoms with Gasteiger partial charge in [0.15, 0.2) is 0 Å². The number of carboxylic acid groups (broad SMARTS) is 1. The van der Waals surface area contributed by atoms with Gasteiger partial charge in [-0.1, -0.05) is 54.6 Å². The van der Waals surface area contributed by atoms with E-state index in [-0.39, 0.29) is 18.0 Å². The molecular weight excluding hydrogens is 622 g/mol. The van der Waals surface area contributed by atoms with Crippen molar-refractivity contribution in [3.8, 4) is 10.8 Å². The van der Waals surface area contributed by atoms with E-state index in [0.717, 1.165) is 21.3 Å². The summed E-state index contributed by atoms with van der Waals surface area (Å²) in [5, 5.41) is 10.4. The van der Waals surface area contributed by atoms with Crippen LogP contribution in [0.1, 0.15) is 55.0 Å². The minimum absolute atomic E-state index is 0.0172. The second-order valence-electron chi connectivity index (χ2n) is 12.1. The zero-order valence-electron chi connectivity index (χ0n) is 26.5. The lowest BCUT2D eigenvalue weighted by molar-refractivity contribution is -0.146. The molecule has 0 spiro atoms. The van der Waals surface area contributed by atoms with E-state index in [9.17, 15) is 19.5 Å². The second kappa shape index (κ2) is 13.8. The molecule has 1 fully saturated rings. The van der Waals surface area contributed by atoms with Crippen molar-refractivity contribution >= 4 is 27.5 Å². The van der Waals surface area contributed by atoms with Crippen LogP contribution in [0.3, 0.4) is 0 Å². The Morgan fingerprint density at radius 1 is 1.09 bits per heavy atom. The lowest BCUT2D eigenvalue weighted by Crippen LogP contribution is -2.52. The fourth-order valence-electron chi connectivity index (χ4n) is 5.89. The predicted octanol–water partition coefficient (Wildman–Crippen LogP) is 5.66. The number of thiophene rings is 1. The van der Waals surface area contributed by atoms with Gasteiger partial charge in [0.1, 0.15) is 22.7 Å². The number of aromatic nitrogens is 3. The first-order valence-corrected chi connectivity index (χ1v) is 16.3. The average molecular weight is 660 g/mol. The third-order valence-electron chi connectivity index (χ3n) is 8.57. The number of ether oxygens (including phenoxy) is 3. The molecule has 1 saturated heterocycles. The first kappa shape index (κ1) is 32.6. The molecule has 0 unspecified atom stereocenters. The van der Waals surface area contributed by atoms with Crippen molar-refractivity contribution in [3.63, 3.8) is 0 Å². The summed E-state index contributed by atoms with van der Waals surface area (Å²) in [5.74, 6) is -0.999. The van der Waals surface area contributed by atoms with E-state index >= 15 is 0 Å². The maximum Gasteiger partial charge on any atom is 0.333 e. The Hall–Kier alpha value is -4.36. The summed E-state index contributed by atoms with van der Waals surface area (Å²) in [4.78, 5) is 46.0. The highest BCUT2D eigenvalue weighted by atomic mass is 32.1. The van der Waals surface area contributed by atoms with Gasteiger partial charge in [-0.2, -0.15) is 0 Å². The van der Waals surface area contributed by atoms with Crippen LogP contribution in [-0.4, -0.2) is 44.5 Å². The van der Waals surface area contributed by atoms with Crippen molar-refractivity contribution in [2.45, 2.75) is 71.1 Å². The van der Waals surface area contributed by atoms with Gasteiger partial charge in [0.2, 0.25) is 5.89 Å². The molecule has 12 heteroatoms. The fraction of sp³-hybridized carbons (Fsp3) is 0.371. The SMILES string of the molecule is Cc1c(-c2ncco2)sc2c1c(=O)n(C(C)(C)C(=O)O)c(=O)n2C[C@H](OC1CCOCC1)c1ccccc1COCc1ccccc1. The second-order valence-corrected chi connectivity index (χ2v) is 13.1. The van der Waals surface area contributed by atoms with E-state index in [2.05, 4.69) is 4.98 Å².